The van der Waals surface area contributed by atoms with Gasteiger partial charge in [-0.15, -0.1) is 0 Å². The number of thiophene rings is 1. The van der Waals surface area contributed by atoms with Crippen molar-refractivity contribution in [3.8, 4) is 0 Å². The van der Waals surface area contributed by atoms with Gasteiger partial charge in [-0.3, -0.25) is 4.99 Å². The van der Waals surface area contributed by atoms with Gasteiger partial charge in [0.25, 0.3) is 0 Å². The molecule has 0 bridgehead atoms. The normalized spacial score (nSPS) is 22.4. The lowest BCUT2D eigenvalue weighted by atomic mass is 10.1. The van der Waals surface area contributed by atoms with E-state index < -0.39 is 0 Å². The molecule has 0 saturated carbocycles. The predicted molar refractivity (Wildman–Crippen MR) is 49.3 cm³/mol. The van der Waals surface area contributed by atoms with Crippen LogP contribution in [0.1, 0.15) is 18.0 Å². The van der Waals surface area contributed by atoms with Gasteiger partial charge in [0.1, 0.15) is 0 Å². The maximum absolute atomic E-state index is 4.37. The molecule has 1 aromatic heterocycles. The van der Waals surface area contributed by atoms with Crippen molar-refractivity contribution >= 4 is 17.6 Å². The Morgan fingerprint density at radius 1 is 1.55 bits per heavy atom. The molecule has 0 fully saturated rings. The summed E-state index contributed by atoms with van der Waals surface area (Å²) in [5.74, 6) is 0. The minimum atomic E-state index is 0.381. The van der Waals surface area contributed by atoms with Crippen LogP contribution >= 0.6 is 11.3 Å². The van der Waals surface area contributed by atoms with Gasteiger partial charge in [0, 0.05) is 6.21 Å². The van der Waals surface area contributed by atoms with Gasteiger partial charge in [0.15, 0.2) is 0 Å². The molecule has 11 heavy (non-hydrogen) atoms. The van der Waals surface area contributed by atoms with E-state index in [4.69, 9.17) is 0 Å². The fraction of sp³-hybridized carbons (Fsp3) is 0.222. The summed E-state index contributed by atoms with van der Waals surface area (Å²) < 4.78 is 0. The van der Waals surface area contributed by atoms with Crippen LogP contribution in [0.5, 0.6) is 0 Å². The Balaban J connectivity index is 2.19. The highest BCUT2D eigenvalue weighted by atomic mass is 32.1. The molecule has 1 aliphatic heterocycles. The fourth-order valence-electron chi connectivity index (χ4n) is 1.17. The van der Waals surface area contributed by atoms with Crippen LogP contribution < -0.4 is 0 Å². The summed E-state index contributed by atoms with van der Waals surface area (Å²) in [6.07, 6.45) is 7.09. The molecule has 0 radical (unpaired) electrons. The topological polar surface area (TPSA) is 12.4 Å². The highest BCUT2D eigenvalue weighted by molar-refractivity contribution is 7.07. The van der Waals surface area contributed by atoms with Gasteiger partial charge in [0.2, 0.25) is 0 Å². The van der Waals surface area contributed by atoms with Crippen molar-refractivity contribution in [2.45, 2.75) is 12.5 Å². The van der Waals surface area contributed by atoms with Crippen LogP contribution in [0.4, 0.5) is 0 Å². The highest BCUT2D eigenvalue weighted by Gasteiger charge is 2.08. The van der Waals surface area contributed by atoms with Crippen LogP contribution in [0.2, 0.25) is 0 Å². The molecule has 2 rings (SSSR count). The molecule has 1 atom stereocenters. The molecule has 0 spiro atoms. The molecular formula is C9H9NS. The van der Waals surface area contributed by atoms with Gasteiger partial charge >= 0.3 is 0 Å². The number of dihydropyridines is 1. The summed E-state index contributed by atoms with van der Waals surface area (Å²) in [6, 6.07) is 2.53. The van der Waals surface area contributed by atoms with Gasteiger partial charge in [-0.1, -0.05) is 6.08 Å². The predicted octanol–water partition coefficient (Wildman–Crippen LogP) is 2.82. The van der Waals surface area contributed by atoms with Crippen LogP contribution in [0.3, 0.4) is 0 Å². The Labute approximate surface area is 70.1 Å². The van der Waals surface area contributed by atoms with Crippen LogP contribution in [-0.2, 0) is 0 Å². The molecule has 1 aromatic rings. The van der Waals surface area contributed by atoms with Crippen molar-refractivity contribution in [1.29, 1.82) is 0 Å². The van der Waals surface area contributed by atoms with Gasteiger partial charge in [-0.25, -0.2) is 0 Å². The van der Waals surface area contributed by atoms with Crippen LogP contribution in [0, 0.1) is 0 Å². The molecule has 56 valence electrons. The molecule has 1 aliphatic rings. The van der Waals surface area contributed by atoms with E-state index in [2.05, 4.69) is 27.9 Å². The molecule has 0 N–H and O–H groups in total. The zero-order chi connectivity index (χ0) is 7.52. The van der Waals surface area contributed by atoms with Crippen molar-refractivity contribution < 1.29 is 0 Å². The third kappa shape index (κ3) is 1.40. The van der Waals surface area contributed by atoms with E-state index in [0.29, 0.717) is 6.04 Å². The third-order valence-electron chi connectivity index (χ3n) is 1.78. The molecule has 0 amide bonds. The zero-order valence-corrected chi connectivity index (χ0v) is 6.92. The van der Waals surface area contributed by atoms with Crippen molar-refractivity contribution in [1.82, 2.24) is 0 Å². The molecule has 0 saturated heterocycles. The molecule has 2 heteroatoms. The fourth-order valence-corrected chi connectivity index (χ4v) is 1.88. The van der Waals surface area contributed by atoms with E-state index in [0.717, 1.165) is 6.42 Å². The summed E-state index contributed by atoms with van der Waals surface area (Å²) in [5, 5.41) is 4.27. The largest absolute Gasteiger partial charge is 0.285 e. The maximum atomic E-state index is 4.37. The molecule has 0 aromatic carbocycles. The first-order chi connectivity index (χ1) is 5.47. The van der Waals surface area contributed by atoms with Crippen molar-refractivity contribution in [3.63, 3.8) is 0 Å². The summed E-state index contributed by atoms with van der Waals surface area (Å²) in [5.41, 5.74) is 1.34. The second-order valence-corrected chi connectivity index (χ2v) is 3.31. The summed E-state index contributed by atoms with van der Waals surface area (Å²) >= 11 is 1.74. The zero-order valence-electron chi connectivity index (χ0n) is 6.10. The third-order valence-corrected chi connectivity index (χ3v) is 2.48. The van der Waals surface area contributed by atoms with Crippen molar-refractivity contribution in [2.75, 3.05) is 0 Å². The second kappa shape index (κ2) is 3.01. The molecule has 2 heterocycles. The second-order valence-electron chi connectivity index (χ2n) is 2.53. The van der Waals surface area contributed by atoms with E-state index in [1.807, 2.05) is 12.3 Å². The van der Waals surface area contributed by atoms with Crippen LogP contribution in [0.15, 0.2) is 34.0 Å². The van der Waals surface area contributed by atoms with Gasteiger partial charge in [-0.2, -0.15) is 11.3 Å². The monoisotopic (exact) mass is 163 g/mol. The Hall–Kier alpha value is -0.890. The first-order valence-corrected chi connectivity index (χ1v) is 4.61. The van der Waals surface area contributed by atoms with E-state index in [1.165, 1.54) is 5.56 Å². The number of allylic oxidation sites excluding steroid dienone is 1. The van der Waals surface area contributed by atoms with Gasteiger partial charge in [0.05, 0.1) is 6.04 Å². The van der Waals surface area contributed by atoms with Crippen LogP contribution in [-0.4, -0.2) is 6.21 Å². The van der Waals surface area contributed by atoms with Gasteiger partial charge in [-0.05, 0) is 34.9 Å². The van der Waals surface area contributed by atoms with Crippen LogP contribution in [0.25, 0.3) is 0 Å². The lowest BCUT2D eigenvalue weighted by Gasteiger charge is -2.09. The maximum Gasteiger partial charge on any atom is 0.0791 e. The minimum absolute atomic E-state index is 0.381. The van der Waals surface area contributed by atoms with E-state index in [1.54, 1.807) is 11.3 Å². The first-order valence-electron chi connectivity index (χ1n) is 3.67. The molecule has 0 aliphatic carbocycles. The number of aliphatic imine (C=N–C) groups is 1. The van der Waals surface area contributed by atoms with Crippen molar-refractivity contribution in [3.05, 3.63) is 34.5 Å². The quantitative estimate of drug-likeness (QED) is 0.603. The Kier molecular flexibility index (Phi) is 1.86. The van der Waals surface area contributed by atoms with Crippen molar-refractivity contribution in [2.24, 2.45) is 4.99 Å². The average molecular weight is 163 g/mol. The molecular weight excluding hydrogens is 154 g/mol. The number of hydrogen-bond donors (Lipinski definition) is 0. The molecule has 1 nitrogen and oxygen atoms in total. The van der Waals surface area contributed by atoms with Gasteiger partial charge < -0.3 is 0 Å². The number of rotatable bonds is 1. The van der Waals surface area contributed by atoms with E-state index in [9.17, 15) is 0 Å². The smallest absolute Gasteiger partial charge is 0.0791 e. The Morgan fingerprint density at radius 3 is 3.18 bits per heavy atom. The average Bonchev–Trinajstić information content (AvgIpc) is 2.58. The van der Waals surface area contributed by atoms with E-state index >= 15 is 0 Å². The summed E-state index contributed by atoms with van der Waals surface area (Å²) in [4.78, 5) is 4.37. The lowest BCUT2D eigenvalue weighted by molar-refractivity contribution is 0.744. The summed E-state index contributed by atoms with van der Waals surface area (Å²) in [6.45, 7) is 0. The lowest BCUT2D eigenvalue weighted by Crippen LogP contribution is -1.95. The molecule has 1 unspecified atom stereocenters. The standard InChI is InChI=1S/C9H9NS/c1-2-5-10-9(3-1)8-4-6-11-7-8/h1-2,4-7,9H,3H2. The Morgan fingerprint density at radius 2 is 2.55 bits per heavy atom. The SMILES string of the molecule is C1=CCC(c2ccsc2)N=C1. The number of hydrogen-bond acceptors (Lipinski definition) is 2. The Bertz CT molecular complexity index is 272. The minimum Gasteiger partial charge on any atom is -0.285 e. The highest BCUT2D eigenvalue weighted by Crippen LogP contribution is 2.24. The first kappa shape index (κ1) is 6.80. The summed E-state index contributed by atoms with van der Waals surface area (Å²) in [7, 11) is 0. The number of nitrogens with zero attached hydrogens (tertiary/aromatic N) is 1. The van der Waals surface area contributed by atoms with E-state index in [-0.39, 0.29) is 0 Å².